The molecule has 0 saturated carbocycles. The molecule has 0 aromatic rings. The van der Waals surface area contributed by atoms with Gasteiger partial charge in [0.25, 0.3) is 0 Å². The quantitative estimate of drug-likeness (QED) is 0.644. The minimum Gasteiger partial charge on any atom is -0.480 e. The van der Waals surface area contributed by atoms with Gasteiger partial charge in [-0.3, -0.25) is 4.79 Å². The van der Waals surface area contributed by atoms with E-state index in [9.17, 15) is 4.79 Å². The number of likely N-dealkylation sites (N-methyl/N-ethyl adjacent to an activating group) is 1. The molecule has 0 heterocycles. The number of hydrogen-bond acceptors (Lipinski definition) is 2. The van der Waals surface area contributed by atoms with Crippen molar-refractivity contribution in [3.63, 3.8) is 0 Å². The van der Waals surface area contributed by atoms with Gasteiger partial charge in [-0.05, 0) is 14.0 Å². The summed E-state index contributed by atoms with van der Waals surface area (Å²) in [6.07, 6.45) is 0. The fraction of sp³-hybridized carbons (Fsp3) is 0.750. The maximum Gasteiger partial charge on any atom is 0.320 e. The van der Waals surface area contributed by atoms with Gasteiger partial charge in [0.2, 0.25) is 0 Å². The lowest BCUT2D eigenvalue weighted by atomic mass is 10.4. The van der Waals surface area contributed by atoms with Crippen molar-refractivity contribution in [1.29, 1.82) is 0 Å². The van der Waals surface area contributed by atoms with Gasteiger partial charge in [0.15, 0.2) is 0 Å². The molecule has 0 aromatic heterocycles. The molecule has 3 nitrogen and oxygen atoms in total. The van der Waals surface area contributed by atoms with Gasteiger partial charge in [-0.15, -0.1) is 24.8 Å². The summed E-state index contributed by atoms with van der Waals surface area (Å²) in [5.74, 6) is -0.817. The zero-order chi connectivity index (χ0) is 5.86. The van der Waals surface area contributed by atoms with E-state index in [0.29, 0.717) is 0 Å². The van der Waals surface area contributed by atoms with Crippen molar-refractivity contribution in [2.75, 3.05) is 7.05 Å². The summed E-state index contributed by atoms with van der Waals surface area (Å²) in [6.45, 7) is 1.59. The van der Waals surface area contributed by atoms with Crippen LogP contribution in [0.1, 0.15) is 6.92 Å². The molecule has 0 fully saturated rings. The van der Waals surface area contributed by atoms with Gasteiger partial charge in [-0.1, -0.05) is 0 Å². The van der Waals surface area contributed by atoms with Crippen LogP contribution in [-0.2, 0) is 4.79 Å². The van der Waals surface area contributed by atoms with Crippen LogP contribution in [0.15, 0.2) is 0 Å². The smallest absolute Gasteiger partial charge is 0.320 e. The van der Waals surface area contributed by atoms with Gasteiger partial charge in [-0.2, -0.15) is 0 Å². The van der Waals surface area contributed by atoms with Crippen LogP contribution < -0.4 is 5.32 Å². The van der Waals surface area contributed by atoms with E-state index in [0.717, 1.165) is 0 Å². The summed E-state index contributed by atoms with van der Waals surface area (Å²) in [7, 11) is 1.61. The first kappa shape index (κ1) is 16.0. The number of carboxylic acid groups (broad SMARTS) is 1. The van der Waals surface area contributed by atoms with Crippen LogP contribution in [0.25, 0.3) is 0 Å². The van der Waals surface area contributed by atoms with Gasteiger partial charge in [0.1, 0.15) is 6.04 Å². The Labute approximate surface area is 66.6 Å². The second kappa shape index (κ2) is 8.01. The average Bonchev–Trinajstić information content (AvgIpc) is 1.65. The zero-order valence-corrected chi connectivity index (χ0v) is 6.88. The number of aliphatic carboxylic acids is 1. The molecule has 0 aliphatic carbocycles. The molecule has 0 aromatic carbocycles. The van der Waals surface area contributed by atoms with E-state index in [2.05, 4.69) is 5.32 Å². The summed E-state index contributed by atoms with van der Waals surface area (Å²) >= 11 is 0. The number of nitrogens with one attached hydrogen (secondary N) is 1. The molecule has 0 amide bonds. The highest BCUT2D eigenvalue weighted by atomic mass is 35.5. The number of rotatable bonds is 2. The molecule has 0 aliphatic rings. The molecule has 0 radical (unpaired) electrons. The maximum atomic E-state index is 9.87. The highest BCUT2D eigenvalue weighted by Crippen LogP contribution is 1.74. The average molecular weight is 176 g/mol. The van der Waals surface area contributed by atoms with Crippen LogP contribution >= 0.6 is 24.8 Å². The van der Waals surface area contributed by atoms with E-state index < -0.39 is 12.0 Å². The highest BCUT2D eigenvalue weighted by Gasteiger charge is 2.04. The Bertz CT molecular complexity index is 79.0. The Balaban J connectivity index is -0.000000180. The lowest BCUT2D eigenvalue weighted by Gasteiger charge is -1.99. The predicted octanol–water partition coefficient (Wildman–Crippen LogP) is 0.522. The van der Waals surface area contributed by atoms with E-state index in [1.54, 1.807) is 14.0 Å². The maximum absolute atomic E-state index is 9.87. The second-order valence-electron chi connectivity index (χ2n) is 1.35. The minimum atomic E-state index is -0.817. The third-order valence-electron chi connectivity index (χ3n) is 0.803. The van der Waals surface area contributed by atoms with E-state index in [1.165, 1.54) is 0 Å². The molecule has 58 valence electrons. The van der Waals surface area contributed by atoms with Crippen LogP contribution in [0.3, 0.4) is 0 Å². The van der Waals surface area contributed by atoms with Crippen molar-refractivity contribution in [3.05, 3.63) is 0 Å². The number of carboxylic acids is 1. The van der Waals surface area contributed by atoms with Crippen molar-refractivity contribution in [2.24, 2.45) is 0 Å². The molecular weight excluding hydrogens is 165 g/mol. The summed E-state index contributed by atoms with van der Waals surface area (Å²) in [6, 6.07) is -0.431. The molecule has 0 saturated heterocycles. The minimum absolute atomic E-state index is 0. The Morgan fingerprint density at radius 1 is 1.56 bits per heavy atom. The van der Waals surface area contributed by atoms with Crippen molar-refractivity contribution < 1.29 is 9.90 Å². The largest absolute Gasteiger partial charge is 0.480 e. The van der Waals surface area contributed by atoms with Gasteiger partial charge >= 0.3 is 5.97 Å². The van der Waals surface area contributed by atoms with Crippen LogP contribution in [0.2, 0.25) is 0 Å². The monoisotopic (exact) mass is 175 g/mol. The second-order valence-corrected chi connectivity index (χ2v) is 1.35. The number of carbonyl (C=O) groups is 1. The van der Waals surface area contributed by atoms with Crippen molar-refractivity contribution in [2.45, 2.75) is 13.0 Å². The topological polar surface area (TPSA) is 49.3 Å². The molecular formula is C4H11Cl2NO2. The zero-order valence-electron chi connectivity index (χ0n) is 5.25. The van der Waals surface area contributed by atoms with Gasteiger partial charge in [-0.25, -0.2) is 0 Å². The summed E-state index contributed by atoms with van der Waals surface area (Å²) in [5, 5.41) is 10.7. The lowest BCUT2D eigenvalue weighted by Crippen LogP contribution is -2.29. The molecule has 1 unspecified atom stereocenters. The van der Waals surface area contributed by atoms with Crippen LogP contribution in [0.5, 0.6) is 0 Å². The summed E-state index contributed by atoms with van der Waals surface area (Å²) in [4.78, 5) is 9.87. The normalized spacial score (nSPS) is 10.4. The van der Waals surface area contributed by atoms with Crippen LogP contribution in [0.4, 0.5) is 0 Å². The summed E-state index contributed by atoms with van der Waals surface area (Å²) < 4.78 is 0. The summed E-state index contributed by atoms with van der Waals surface area (Å²) in [5.41, 5.74) is 0. The van der Waals surface area contributed by atoms with Gasteiger partial charge in [0, 0.05) is 0 Å². The highest BCUT2D eigenvalue weighted by molar-refractivity contribution is 5.85. The molecule has 0 rings (SSSR count). The Morgan fingerprint density at radius 2 is 1.89 bits per heavy atom. The van der Waals surface area contributed by atoms with Gasteiger partial charge < -0.3 is 10.4 Å². The third kappa shape index (κ3) is 8.01. The van der Waals surface area contributed by atoms with Gasteiger partial charge in [0.05, 0.1) is 0 Å². The SMILES string of the molecule is CNC(C)C(=O)O.Cl.Cl. The van der Waals surface area contributed by atoms with E-state index in [4.69, 9.17) is 5.11 Å². The molecule has 5 heteroatoms. The van der Waals surface area contributed by atoms with Crippen molar-refractivity contribution in [1.82, 2.24) is 5.32 Å². The Kier molecular flexibility index (Phi) is 14.2. The van der Waals surface area contributed by atoms with Crippen LogP contribution in [-0.4, -0.2) is 24.2 Å². The van der Waals surface area contributed by atoms with E-state index in [1.807, 2.05) is 0 Å². The van der Waals surface area contributed by atoms with Crippen LogP contribution in [0, 0.1) is 0 Å². The first-order chi connectivity index (χ1) is 3.18. The molecule has 1 atom stereocenters. The molecule has 0 spiro atoms. The molecule has 0 bridgehead atoms. The first-order valence-corrected chi connectivity index (χ1v) is 2.08. The fourth-order valence-electron chi connectivity index (χ4n) is 0.123. The Morgan fingerprint density at radius 3 is 1.89 bits per heavy atom. The fourth-order valence-corrected chi connectivity index (χ4v) is 0.123. The molecule has 2 N–H and O–H groups in total. The standard InChI is InChI=1S/C4H9NO2.2ClH/c1-3(5-2)4(6)7;;/h3,5H,1-2H3,(H,6,7);2*1H. The molecule has 9 heavy (non-hydrogen) atoms. The lowest BCUT2D eigenvalue weighted by molar-refractivity contribution is -0.138. The first-order valence-electron chi connectivity index (χ1n) is 2.08. The van der Waals surface area contributed by atoms with Crippen molar-refractivity contribution >= 4 is 30.8 Å². The van der Waals surface area contributed by atoms with E-state index >= 15 is 0 Å². The number of halogens is 2. The van der Waals surface area contributed by atoms with E-state index in [-0.39, 0.29) is 24.8 Å². The number of hydrogen-bond donors (Lipinski definition) is 2. The molecule has 0 aliphatic heterocycles. The Hall–Kier alpha value is 0.01000. The predicted molar refractivity (Wildman–Crippen MR) is 40.7 cm³/mol. The third-order valence-corrected chi connectivity index (χ3v) is 0.803. The van der Waals surface area contributed by atoms with Crippen molar-refractivity contribution in [3.8, 4) is 0 Å².